The fourth-order valence-electron chi connectivity index (χ4n) is 1.14. The van der Waals surface area contributed by atoms with Crippen LogP contribution in [0.1, 0.15) is 6.42 Å². The summed E-state index contributed by atoms with van der Waals surface area (Å²) in [6.45, 7) is -1.04. The van der Waals surface area contributed by atoms with E-state index in [-0.39, 0.29) is 0 Å². The van der Waals surface area contributed by atoms with E-state index in [1.807, 2.05) is 0 Å². The molecule has 0 aromatic carbocycles. The van der Waals surface area contributed by atoms with Crippen molar-refractivity contribution in [2.45, 2.75) is 18.5 Å². The first-order valence-corrected chi connectivity index (χ1v) is 5.10. The lowest BCUT2D eigenvalue weighted by molar-refractivity contribution is -0.146. The Hall–Kier alpha value is -2.20. The van der Waals surface area contributed by atoms with Gasteiger partial charge in [0.1, 0.15) is 12.1 Å². The molecule has 0 bridgehead atoms. The van der Waals surface area contributed by atoms with Crippen LogP contribution in [0.3, 0.4) is 0 Å². The van der Waals surface area contributed by atoms with Crippen molar-refractivity contribution in [3.05, 3.63) is 0 Å². The Labute approximate surface area is 107 Å². The summed E-state index contributed by atoms with van der Waals surface area (Å²) in [5.41, 5.74) is 0. The molecule has 19 heavy (non-hydrogen) atoms. The van der Waals surface area contributed by atoms with E-state index in [2.05, 4.69) is 10.6 Å². The molecular formula is C9H14N2O8. The number of carbonyl (C=O) groups is 4. The van der Waals surface area contributed by atoms with Crippen LogP contribution in [-0.2, 0) is 19.2 Å². The molecule has 10 nitrogen and oxygen atoms in total. The first kappa shape index (κ1) is 16.8. The highest BCUT2D eigenvalue weighted by Gasteiger charge is 2.24. The molecule has 0 saturated heterocycles. The minimum Gasteiger partial charge on any atom is -0.481 e. The standard InChI is InChI=1S/C9H14N2O8/c12-6(13)1-4(8(16)17)10-2-5(9(18)19)11-3-7(14)15/h4-5,10-11H,1-3H2,(H,12,13)(H,14,15)(H,16,17)(H,18,19)/t4-,5+/m0/s1. The van der Waals surface area contributed by atoms with E-state index in [1.165, 1.54) is 0 Å². The van der Waals surface area contributed by atoms with Crippen LogP contribution in [0.2, 0.25) is 0 Å². The van der Waals surface area contributed by atoms with E-state index in [4.69, 9.17) is 20.4 Å². The predicted octanol–water partition coefficient (Wildman–Crippen LogP) is -2.37. The van der Waals surface area contributed by atoms with Gasteiger partial charge in [-0.2, -0.15) is 0 Å². The zero-order valence-electron chi connectivity index (χ0n) is 9.70. The van der Waals surface area contributed by atoms with E-state index < -0.39 is 55.5 Å². The van der Waals surface area contributed by atoms with Gasteiger partial charge < -0.3 is 25.7 Å². The molecule has 0 aliphatic rings. The summed E-state index contributed by atoms with van der Waals surface area (Å²) in [4.78, 5) is 42.1. The van der Waals surface area contributed by atoms with Crippen molar-refractivity contribution in [1.82, 2.24) is 10.6 Å². The molecule has 0 aliphatic carbocycles. The van der Waals surface area contributed by atoms with Crippen LogP contribution in [-0.4, -0.2) is 69.5 Å². The lowest BCUT2D eigenvalue weighted by Crippen LogP contribution is -2.50. The topological polar surface area (TPSA) is 173 Å². The number of hydrogen-bond donors (Lipinski definition) is 6. The molecule has 0 heterocycles. The summed E-state index contributed by atoms with van der Waals surface area (Å²) < 4.78 is 0. The van der Waals surface area contributed by atoms with Crippen LogP contribution in [0, 0.1) is 0 Å². The van der Waals surface area contributed by atoms with Crippen molar-refractivity contribution in [2.75, 3.05) is 13.1 Å². The summed E-state index contributed by atoms with van der Waals surface area (Å²) in [5, 5.41) is 38.7. The van der Waals surface area contributed by atoms with Gasteiger partial charge in [0.2, 0.25) is 0 Å². The summed E-state index contributed by atoms with van der Waals surface area (Å²) in [6, 6.07) is -2.79. The summed E-state index contributed by atoms with van der Waals surface area (Å²) in [7, 11) is 0. The number of hydrogen-bond acceptors (Lipinski definition) is 6. The molecule has 0 unspecified atom stereocenters. The third kappa shape index (κ3) is 7.68. The quantitative estimate of drug-likeness (QED) is 0.253. The van der Waals surface area contributed by atoms with Gasteiger partial charge in [-0.05, 0) is 0 Å². The van der Waals surface area contributed by atoms with Gasteiger partial charge in [-0.15, -0.1) is 0 Å². The molecule has 0 rings (SSSR count). The molecule has 2 atom stereocenters. The Balaban J connectivity index is 4.41. The molecule has 6 N–H and O–H groups in total. The molecule has 0 aliphatic heterocycles. The van der Waals surface area contributed by atoms with E-state index in [9.17, 15) is 19.2 Å². The Morgan fingerprint density at radius 3 is 1.68 bits per heavy atom. The first-order valence-electron chi connectivity index (χ1n) is 5.10. The van der Waals surface area contributed by atoms with Crippen molar-refractivity contribution in [1.29, 1.82) is 0 Å². The summed E-state index contributed by atoms with van der Waals surface area (Å²) in [6.07, 6.45) is -0.722. The van der Waals surface area contributed by atoms with Gasteiger partial charge in [0.15, 0.2) is 0 Å². The fraction of sp³-hybridized carbons (Fsp3) is 0.556. The Bertz CT molecular complexity index is 369. The van der Waals surface area contributed by atoms with Gasteiger partial charge in [0.25, 0.3) is 0 Å². The average molecular weight is 278 g/mol. The van der Waals surface area contributed by atoms with Crippen LogP contribution in [0.25, 0.3) is 0 Å². The van der Waals surface area contributed by atoms with Crippen LogP contribution < -0.4 is 10.6 Å². The van der Waals surface area contributed by atoms with Gasteiger partial charge in [0, 0.05) is 6.54 Å². The Morgan fingerprint density at radius 2 is 1.32 bits per heavy atom. The van der Waals surface area contributed by atoms with Crippen molar-refractivity contribution in [2.24, 2.45) is 0 Å². The average Bonchev–Trinajstić information content (AvgIpc) is 2.25. The van der Waals surface area contributed by atoms with Crippen LogP contribution >= 0.6 is 0 Å². The Kier molecular flexibility index (Phi) is 7.07. The second kappa shape index (κ2) is 8.00. The minimum atomic E-state index is -1.45. The second-order valence-corrected chi connectivity index (χ2v) is 3.56. The van der Waals surface area contributed by atoms with Crippen LogP contribution in [0.15, 0.2) is 0 Å². The van der Waals surface area contributed by atoms with Gasteiger partial charge in [-0.1, -0.05) is 0 Å². The molecule has 0 saturated carbocycles. The van der Waals surface area contributed by atoms with Gasteiger partial charge in [0.05, 0.1) is 13.0 Å². The number of rotatable bonds is 10. The maximum absolute atomic E-state index is 10.8. The molecule has 0 fully saturated rings. The molecule has 0 spiro atoms. The number of carboxylic acid groups (broad SMARTS) is 4. The van der Waals surface area contributed by atoms with E-state index >= 15 is 0 Å². The lowest BCUT2D eigenvalue weighted by atomic mass is 10.2. The summed E-state index contributed by atoms with van der Waals surface area (Å²) in [5.74, 6) is -5.45. The van der Waals surface area contributed by atoms with Gasteiger partial charge in [-0.25, -0.2) is 0 Å². The molecule has 0 radical (unpaired) electrons. The predicted molar refractivity (Wildman–Crippen MR) is 58.7 cm³/mol. The second-order valence-electron chi connectivity index (χ2n) is 3.56. The largest absolute Gasteiger partial charge is 0.481 e. The van der Waals surface area contributed by atoms with Crippen molar-refractivity contribution < 1.29 is 39.6 Å². The molecule has 108 valence electrons. The number of nitrogens with one attached hydrogen (secondary N) is 2. The molecule has 10 heteroatoms. The van der Waals surface area contributed by atoms with Crippen molar-refractivity contribution in [3.63, 3.8) is 0 Å². The summed E-state index contributed by atoms with van der Waals surface area (Å²) >= 11 is 0. The highest BCUT2D eigenvalue weighted by atomic mass is 16.4. The fourth-order valence-corrected chi connectivity index (χ4v) is 1.14. The SMILES string of the molecule is O=C(O)CN[C@H](CN[C@@H](CC(=O)O)C(=O)O)C(=O)O. The molecule has 0 aromatic heterocycles. The zero-order valence-corrected chi connectivity index (χ0v) is 9.70. The highest BCUT2D eigenvalue weighted by molar-refractivity contribution is 5.81. The lowest BCUT2D eigenvalue weighted by Gasteiger charge is -2.17. The zero-order chi connectivity index (χ0) is 15.0. The first-order chi connectivity index (χ1) is 8.73. The van der Waals surface area contributed by atoms with Crippen LogP contribution in [0.5, 0.6) is 0 Å². The Morgan fingerprint density at radius 1 is 0.789 bits per heavy atom. The number of carboxylic acids is 4. The minimum absolute atomic E-state index is 0.424. The normalized spacial score (nSPS) is 13.5. The smallest absolute Gasteiger partial charge is 0.322 e. The van der Waals surface area contributed by atoms with Gasteiger partial charge >= 0.3 is 23.9 Å². The molecule has 0 aromatic rings. The van der Waals surface area contributed by atoms with E-state index in [0.29, 0.717) is 0 Å². The van der Waals surface area contributed by atoms with Crippen molar-refractivity contribution >= 4 is 23.9 Å². The van der Waals surface area contributed by atoms with Crippen LogP contribution in [0.4, 0.5) is 0 Å². The van der Waals surface area contributed by atoms with E-state index in [1.54, 1.807) is 0 Å². The molecule has 0 amide bonds. The number of aliphatic carboxylic acids is 4. The third-order valence-electron chi connectivity index (χ3n) is 2.04. The molecular weight excluding hydrogens is 264 g/mol. The van der Waals surface area contributed by atoms with E-state index in [0.717, 1.165) is 0 Å². The highest BCUT2D eigenvalue weighted by Crippen LogP contribution is 1.94. The van der Waals surface area contributed by atoms with Crippen molar-refractivity contribution in [3.8, 4) is 0 Å². The monoisotopic (exact) mass is 278 g/mol. The maximum Gasteiger partial charge on any atom is 0.322 e. The maximum atomic E-state index is 10.8. The van der Waals surface area contributed by atoms with Gasteiger partial charge in [-0.3, -0.25) is 24.5 Å². The third-order valence-corrected chi connectivity index (χ3v) is 2.04.